The molecule has 102 valence electrons. The molecule has 2 aliphatic heterocycles. The molecular formula is C13H15ClFN3O. The van der Waals surface area contributed by atoms with E-state index in [-0.39, 0.29) is 22.8 Å². The van der Waals surface area contributed by atoms with E-state index in [4.69, 9.17) is 11.6 Å². The van der Waals surface area contributed by atoms with Crippen molar-refractivity contribution in [2.75, 3.05) is 19.6 Å². The number of carbonyl (C=O) groups is 1. The Morgan fingerprint density at radius 2 is 2.32 bits per heavy atom. The van der Waals surface area contributed by atoms with Crippen molar-refractivity contribution in [3.05, 3.63) is 28.8 Å². The molecule has 2 saturated heterocycles. The second kappa shape index (κ2) is 5.06. The van der Waals surface area contributed by atoms with Crippen molar-refractivity contribution < 1.29 is 9.18 Å². The van der Waals surface area contributed by atoms with Crippen LogP contribution in [0.15, 0.2) is 12.1 Å². The predicted molar refractivity (Wildman–Crippen MR) is 69.6 cm³/mol. The first-order chi connectivity index (χ1) is 9.11. The van der Waals surface area contributed by atoms with Gasteiger partial charge < -0.3 is 10.2 Å². The van der Waals surface area contributed by atoms with Gasteiger partial charge in [-0.05, 0) is 37.4 Å². The number of hydrogen-bond donors (Lipinski definition) is 1. The zero-order valence-corrected chi connectivity index (χ0v) is 11.2. The van der Waals surface area contributed by atoms with Crippen molar-refractivity contribution in [2.45, 2.75) is 18.9 Å². The van der Waals surface area contributed by atoms with E-state index < -0.39 is 5.82 Å². The van der Waals surface area contributed by atoms with E-state index >= 15 is 0 Å². The van der Waals surface area contributed by atoms with Crippen LogP contribution in [0.5, 0.6) is 0 Å². The molecule has 3 heterocycles. The maximum absolute atomic E-state index is 13.0. The van der Waals surface area contributed by atoms with Crippen LogP contribution < -0.4 is 5.32 Å². The minimum Gasteiger partial charge on any atom is -0.347 e. The summed E-state index contributed by atoms with van der Waals surface area (Å²) in [4.78, 5) is 18.2. The normalized spacial score (nSPS) is 29.3. The van der Waals surface area contributed by atoms with E-state index in [0.29, 0.717) is 5.92 Å². The number of nitrogens with one attached hydrogen (secondary N) is 1. The smallest absolute Gasteiger partial charge is 0.270 e. The first kappa shape index (κ1) is 12.8. The molecule has 0 aromatic carbocycles. The zero-order valence-electron chi connectivity index (χ0n) is 10.4. The van der Waals surface area contributed by atoms with Gasteiger partial charge in [0.05, 0.1) is 0 Å². The van der Waals surface area contributed by atoms with Crippen molar-refractivity contribution in [2.24, 2.45) is 5.92 Å². The van der Waals surface area contributed by atoms with Gasteiger partial charge in [0.1, 0.15) is 5.69 Å². The molecule has 1 N–H and O–H groups in total. The molecule has 0 saturated carbocycles. The van der Waals surface area contributed by atoms with Gasteiger partial charge in [0.2, 0.25) is 0 Å². The van der Waals surface area contributed by atoms with Crippen molar-refractivity contribution in [3.63, 3.8) is 0 Å². The van der Waals surface area contributed by atoms with Crippen LogP contribution in [-0.4, -0.2) is 41.5 Å². The van der Waals surface area contributed by atoms with Gasteiger partial charge in [-0.25, -0.2) is 9.37 Å². The van der Waals surface area contributed by atoms with Crippen molar-refractivity contribution in [1.82, 2.24) is 15.2 Å². The minimum absolute atomic E-state index is 0.152. The number of piperidine rings is 1. The van der Waals surface area contributed by atoms with Crippen LogP contribution in [0, 0.1) is 11.7 Å². The largest absolute Gasteiger partial charge is 0.347 e. The van der Waals surface area contributed by atoms with Crippen LogP contribution in [0.1, 0.15) is 23.3 Å². The Labute approximate surface area is 115 Å². The van der Waals surface area contributed by atoms with Gasteiger partial charge in [-0.15, -0.1) is 0 Å². The highest BCUT2D eigenvalue weighted by molar-refractivity contribution is 6.29. The first-order valence-electron chi connectivity index (χ1n) is 6.47. The summed E-state index contributed by atoms with van der Waals surface area (Å²) in [6, 6.07) is 2.67. The van der Waals surface area contributed by atoms with Gasteiger partial charge in [-0.2, -0.15) is 0 Å². The van der Waals surface area contributed by atoms with Gasteiger partial charge >= 0.3 is 0 Å². The highest BCUT2D eigenvalue weighted by Crippen LogP contribution is 2.26. The Kier molecular flexibility index (Phi) is 3.41. The summed E-state index contributed by atoms with van der Waals surface area (Å²) < 4.78 is 13.0. The lowest BCUT2D eigenvalue weighted by molar-refractivity contribution is 0.0904. The van der Waals surface area contributed by atoms with Crippen molar-refractivity contribution in [3.8, 4) is 0 Å². The van der Waals surface area contributed by atoms with E-state index in [9.17, 15) is 9.18 Å². The summed E-state index contributed by atoms with van der Waals surface area (Å²) in [6.45, 7) is 3.15. The SMILES string of the molecule is O=C(N[C@@H]1C[C@H]2CCN(C2)C1)c1ccc(F)c(Cl)n1. The Balaban J connectivity index is 1.66. The van der Waals surface area contributed by atoms with Gasteiger partial charge in [0.15, 0.2) is 11.0 Å². The lowest BCUT2D eigenvalue weighted by Gasteiger charge is -2.30. The number of pyridine rings is 1. The Morgan fingerprint density at radius 3 is 3.05 bits per heavy atom. The van der Waals surface area contributed by atoms with Crippen LogP contribution in [-0.2, 0) is 0 Å². The summed E-state index contributed by atoms with van der Waals surface area (Å²) in [6.07, 6.45) is 2.23. The molecule has 0 radical (unpaired) electrons. The molecule has 19 heavy (non-hydrogen) atoms. The second-order valence-electron chi connectivity index (χ2n) is 5.29. The lowest BCUT2D eigenvalue weighted by atomic mass is 9.97. The number of aromatic nitrogens is 1. The number of rotatable bonds is 2. The average molecular weight is 284 g/mol. The molecule has 3 rings (SSSR count). The van der Waals surface area contributed by atoms with E-state index in [1.165, 1.54) is 12.5 Å². The molecule has 2 fully saturated rings. The summed E-state index contributed by atoms with van der Waals surface area (Å²) in [5.41, 5.74) is 0.166. The van der Waals surface area contributed by atoms with E-state index in [2.05, 4.69) is 15.2 Å². The fraction of sp³-hybridized carbons (Fsp3) is 0.538. The monoisotopic (exact) mass is 283 g/mol. The number of nitrogens with zero attached hydrogens (tertiary/aromatic N) is 2. The van der Waals surface area contributed by atoms with E-state index in [1.807, 2.05) is 0 Å². The second-order valence-corrected chi connectivity index (χ2v) is 5.65. The Bertz CT molecular complexity index is 499. The van der Waals surface area contributed by atoms with E-state index in [0.717, 1.165) is 32.1 Å². The molecular weight excluding hydrogens is 269 g/mol. The quantitative estimate of drug-likeness (QED) is 0.840. The Morgan fingerprint density at radius 1 is 1.47 bits per heavy atom. The van der Waals surface area contributed by atoms with Gasteiger partial charge in [0.25, 0.3) is 5.91 Å². The number of hydrogen-bond acceptors (Lipinski definition) is 3. The minimum atomic E-state index is -0.611. The molecule has 4 nitrogen and oxygen atoms in total. The highest BCUT2D eigenvalue weighted by atomic mass is 35.5. The highest BCUT2D eigenvalue weighted by Gasteiger charge is 2.33. The first-order valence-corrected chi connectivity index (χ1v) is 6.85. The summed E-state index contributed by atoms with van der Waals surface area (Å²) in [5.74, 6) is -0.210. The Hall–Kier alpha value is -1.20. The topological polar surface area (TPSA) is 45.2 Å². The predicted octanol–water partition coefficient (Wildman–Crippen LogP) is 1.70. The average Bonchev–Trinajstić information content (AvgIpc) is 2.72. The molecule has 6 heteroatoms. The van der Waals surface area contributed by atoms with Crippen molar-refractivity contribution in [1.29, 1.82) is 0 Å². The van der Waals surface area contributed by atoms with Gasteiger partial charge in [0, 0.05) is 19.1 Å². The molecule has 1 unspecified atom stereocenters. The maximum Gasteiger partial charge on any atom is 0.270 e. The van der Waals surface area contributed by atoms with Crippen LogP contribution in [0.3, 0.4) is 0 Å². The molecule has 2 aliphatic rings. The fourth-order valence-electron chi connectivity index (χ4n) is 2.97. The third kappa shape index (κ3) is 2.72. The molecule has 1 aromatic rings. The third-order valence-corrected chi connectivity index (χ3v) is 4.10. The van der Waals surface area contributed by atoms with Crippen LogP contribution in [0.2, 0.25) is 5.15 Å². The zero-order chi connectivity index (χ0) is 13.4. The summed E-state index contributed by atoms with van der Waals surface area (Å²) in [7, 11) is 0. The number of fused-ring (bicyclic) bond motifs is 2. The number of halogens is 2. The number of carbonyl (C=O) groups excluding carboxylic acids is 1. The fourth-order valence-corrected chi connectivity index (χ4v) is 3.12. The summed E-state index contributed by atoms with van der Waals surface area (Å²) in [5, 5.41) is 2.69. The van der Waals surface area contributed by atoms with Crippen molar-refractivity contribution >= 4 is 17.5 Å². The standard InChI is InChI=1S/C13H15ClFN3O/c14-12-10(15)1-2-11(17-12)13(19)16-9-5-8-3-4-18(6-8)7-9/h1-2,8-9H,3-7H2,(H,16,19)/t8-,9-/m1/s1. The van der Waals surface area contributed by atoms with Gasteiger partial charge in [-0.1, -0.05) is 11.6 Å². The third-order valence-electron chi connectivity index (χ3n) is 3.84. The van der Waals surface area contributed by atoms with Gasteiger partial charge in [-0.3, -0.25) is 4.79 Å². The molecule has 0 spiro atoms. The molecule has 1 amide bonds. The van der Waals surface area contributed by atoms with Crippen LogP contribution in [0.4, 0.5) is 4.39 Å². The molecule has 1 aromatic heterocycles. The molecule has 3 atom stereocenters. The lowest BCUT2D eigenvalue weighted by Crippen LogP contribution is -2.47. The number of amides is 1. The molecule has 0 aliphatic carbocycles. The summed E-state index contributed by atoms with van der Waals surface area (Å²) >= 11 is 5.58. The molecule has 2 bridgehead atoms. The van der Waals surface area contributed by atoms with Crippen LogP contribution >= 0.6 is 11.6 Å². The van der Waals surface area contributed by atoms with E-state index in [1.54, 1.807) is 0 Å². The van der Waals surface area contributed by atoms with Crippen LogP contribution in [0.25, 0.3) is 0 Å². The maximum atomic E-state index is 13.0.